The molecule has 0 saturated carbocycles. The summed E-state index contributed by atoms with van der Waals surface area (Å²) in [5, 5.41) is 0. The van der Waals surface area contributed by atoms with Crippen molar-refractivity contribution in [2.45, 2.75) is 19.5 Å². The molecule has 0 unspecified atom stereocenters. The molecule has 0 atom stereocenters. The van der Waals surface area contributed by atoms with Crippen molar-refractivity contribution < 1.29 is 4.79 Å². The Morgan fingerprint density at radius 1 is 1.28 bits per heavy atom. The van der Waals surface area contributed by atoms with Crippen molar-refractivity contribution >= 4 is 5.91 Å². The van der Waals surface area contributed by atoms with Gasteiger partial charge in [-0.1, -0.05) is 0 Å². The summed E-state index contributed by atoms with van der Waals surface area (Å²) in [5.41, 5.74) is 1.64. The average Bonchev–Trinajstić information content (AvgIpc) is 3.00. The lowest BCUT2D eigenvalue weighted by atomic mass is 10.2. The second-order valence-corrected chi connectivity index (χ2v) is 4.38. The zero-order chi connectivity index (χ0) is 12.4. The second-order valence-electron chi connectivity index (χ2n) is 4.38. The number of carbonyl (C=O) groups is 1. The van der Waals surface area contributed by atoms with E-state index < -0.39 is 0 Å². The van der Waals surface area contributed by atoms with Crippen molar-refractivity contribution in [3.63, 3.8) is 0 Å². The first kappa shape index (κ1) is 11.0. The van der Waals surface area contributed by atoms with Crippen LogP contribution in [-0.2, 0) is 13.1 Å². The quantitative estimate of drug-likeness (QED) is 0.812. The topological polar surface area (TPSA) is 51.0 Å². The van der Waals surface area contributed by atoms with E-state index in [1.165, 1.54) is 0 Å². The van der Waals surface area contributed by atoms with Gasteiger partial charge in [-0.15, -0.1) is 0 Å². The number of aromatic nitrogens is 3. The summed E-state index contributed by atoms with van der Waals surface area (Å²) in [6.45, 7) is 2.28. The molecule has 3 heterocycles. The molecule has 0 spiro atoms. The fraction of sp³-hybridized carbons (Fsp3) is 0.308. The van der Waals surface area contributed by atoms with Gasteiger partial charge in [-0.2, -0.15) is 0 Å². The lowest BCUT2D eigenvalue weighted by Gasteiger charge is -2.15. The van der Waals surface area contributed by atoms with E-state index in [1.54, 1.807) is 18.7 Å². The summed E-state index contributed by atoms with van der Waals surface area (Å²) in [5.74, 6) is 0.101. The van der Waals surface area contributed by atoms with Gasteiger partial charge in [-0.3, -0.25) is 9.78 Å². The zero-order valence-corrected chi connectivity index (χ0v) is 9.99. The number of amides is 1. The standard InChI is InChI=1S/C13H14N4O/c18-13-11-3-1-4-15-12(11)9-17(13)7-2-6-16-8-5-14-10-16/h1,3-5,8,10H,2,6-7,9H2. The fourth-order valence-corrected chi connectivity index (χ4v) is 2.23. The van der Waals surface area contributed by atoms with Crippen molar-refractivity contribution in [3.05, 3.63) is 48.3 Å². The predicted molar refractivity (Wildman–Crippen MR) is 65.8 cm³/mol. The van der Waals surface area contributed by atoms with Crippen LogP contribution in [0.15, 0.2) is 37.1 Å². The van der Waals surface area contributed by atoms with Crippen LogP contribution in [0.1, 0.15) is 22.5 Å². The Hall–Kier alpha value is -2.17. The molecule has 2 aromatic rings. The molecule has 2 aromatic heterocycles. The van der Waals surface area contributed by atoms with E-state index >= 15 is 0 Å². The molecule has 0 saturated heterocycles. The summed E-state index contributed by atoms with van der Waals surface area (Å²) in [4.78, 5) is 22.1. The minimum atomic E-state index is 0.101. The number of hydrogen-bond donors (Lipinski definition) is 0. The highest BCUT2D eigenvalue weighted by Gasteiger charge is 2.27. The maximum atomic E-state index is 12.1. The number of carbonyl (C=O) groups excluding carboxylic acids is 1. The highest BCUT2D eigenvalue weighted by Crippen LogP contribution is 2.20. The van der Waals surface area contributed by atoms with Crippen LogP contribution in [0.2, 0.25) is 0 Å². The fourth-order valence-electron chi connectivity index (χ4n) is 2.23. The van der Waals surface area contributed by atoms with Gasteiger partial charge in [-0.25, -0.2) is 4.98 Å². The van der Waals surface area contributed by atoms with Gasteiger partial charge in [0.25, 0.3) is 5.91 Å². The van der Waals surface area contributed by atoms with Gasteiger partial charge in [0.2, 0.25) is 0 Å². The number of imidazole rings is 1. The maximum Gasteiger partial charge on any atom is 0.256 e. The molecule has 0 aliphatic carbocycles. The Kier molecular flexibility index (Phi) is 2.80. The molecule has 18 heavy (non-hydrogen) atoms. The Morgan fingerprint density at radius 3 is 3.00 bits per heavy atom. The third-order valence-corrected chi connectivity index (χ3v) is 3.15. The number of aryl methyl sites for hydroxylation is 1. The van der Waals surface area contributed by atoms with Crippen LogP contribution < -0.4 is 0 Å². The molecule has 92 valence electrons. The first-order valence-electron chi connectivity index (χ1n) is 6.03. The largest absolute Gasteiger partial charge is 0.337 e. The number of hydrogen-bond acceptors (Lipinski definition) is 3. The van der Waals surface area contributed by atoms with Crippen LogP contribution >= 0.6 is 0 Å². The molecule has 0 bridgehead atoms. The van der Waals surface area contributed by atoms with E-state index in [4.69, 9.17) is 0 Å². The summed E-state index contributed by atoms with van der Waals surface area (Å²) >= 11 is 0. The van der Waals surface area contributed by atoms with Crippen molar-refractivity contribution in [1.82, 2.24) is 19.4 Å². The van der Waals surface area contributed by atoms with Crippen molar-refractivity contribution in [2.75, 3.05) is 6.54 Å². The van der Waals surface area contributed by atoms with Gasteiger partial charge in [0.15, 0.2) is 0 Å². The van der Waals surface area contributed by atoms with Crippen LogP contribution in [0.3, 0.4) is 0 Å². The molecule has 1 aliphatic rings. The number of fused-ring (bicyclic) bond motifs is 1. The summed E-state index contributed by atoms with van der Waals surface area (Å²) in [6, 6.07) is 3.66. The first-order valence-corrected chi connectivity index (χ1v) is 6.03. The average molecular weight is 242 g/mol. The van der Waals surface area contributed by atoms with Gasteiger partial charge in [0.05, 0.1) is 24.1 Å². The molecule has 0 radical (unpaired) electrons. The molecule has 1 aliphatic heterocycles. The minimum Gasteiger partial charge on any atom is -0.337 e. The van der Waals surface area contributed by atoms with Gasteiger partial charge < -0.3 is 9.47 Å². The van der Waals surface area contributed by atoms with Crippen molar-refractivity contribution in [2.24, 2.45) is 0 Å². The van der Waals surface area contributed by atoms with E-state index in [9.17, 15) is 4.79 Å². The van der Waals surface area contributed by atoms with Crippen LogP contribution in [0.4, 0.5) is 0 Å². The summed E-state index contributed by atoms with van der Waals surface area (Å²) < 4.78 is 2.02. The zero-order valence-electron chi connectivity index (χ0n) is 9.99. The number of rotatable bonds is 4. The second kappa shape index (κ2) is 4.60. The van der Waals surface area contributed by atoms with E-state index in [0.29, 0.717) is 6.54 Å². The Labute approximate surface area is 105 Å². The third kappa shape index (κ3) is 1.99. The lowest BCUT2D eigenvalue weighted by molar-refractivity contribution is 0.0774. The van der Waals surface area contributed by atoms with Crippen LogP contribution in [0.25, 0.3) is 0 Å². The molecular formula is C13H14N4O. The smallest absolute Gasteiger partial charge is 0.256 e. The van der Waals surface area contributed by atoms with E-state index in [-0.39, 0.29) is 5.91 Å². The van der Waals surface area contributed by atoms with E-state index in [2.05, 4.69) is 9.97 Å². The minimum absolute atomic E-state index is 0.101. The molecule has 3 rings (SSSR count). The SMILES string of the molecule is O=C1c2cccnc2CN1CCCn1ccnc1. The van der Waals surface area contributed by atoms with Crippen molar-refractivity contribution in [3.8, 4) is 0 Å². The number of nitrogens with zero attached hydrogens (tertiary/aromatic N) is 4. The Balaban J connectivity index is 1.58. The maximum absolute atomic E-state index is 12.1. The van der Waals surface area contributed by atoms with Crippen LogP contribution in [0, 0.1) is 0 Å². The summed E-state index contributed by atoms with van der Waals surface area (Å²) in [6.07, 6.45) is 8.15. The first-order chi connectivity index (χ1) is 8.84. The monoisotopic (exact) mass is 242 g/mol. The molecule has 5 nitrogen and oxygen atoms in total. The van der Waals surface area contributed by atoms with Crippen LogP contribution in [-0.4, -0.2) is 31.9 Å². The highest BCUT2D eigenvalue weighted by molar-refractivity contribution is 5.97. The highest BCUT2D eigenvalue weighted by atomic mass is 16.2. The van der Waals surface area contributed by atoms with Gasteiger partial charge in [-0.05, 0) is 18.6 Å². The van der Waals surface area contributed by atoms with Crippen LogP contribution in [0.5, 0.6) is 0 Å². The van der Waals surface area contributed by atoms with Crippen molar-refractivity contribution in [1.29, 1.82) is 0 Å². The number of pyridine rings is 1. The van der Waals surface area contributed by atoms with E-state index in [1.807, 2.05) is 27.8 Å². The predicted octanol–water partition coefficient (Wildman–Crippen LogP) is 1.32. The molecule has 0 N–H and O–H groups in total. The van der Waals surface area contributed by atoms with Gasteiger partial charge in [0.1, 0.15) is 0 Å². The lowest BCUT2D eigenvalue weighted by Crippen LogP contribution is -2.25. The Morgan fingerprint density at radius 2 is 2.22 bits per heavy atom. The third-order valence-electron chi connectivity index (χ3n) is 3.15. The molecule has 1 amide bonds. The molecule has 0 aromatic carbocycles. The van der Waals surface area contributed by atoms with Gasteiger partial charge >= 0.3 is 0 Å². The Bertz CT molecular complexity index is 550. The van der Waals surface area contributed by atoms with Gasteiger partial charge in [0, 0.05) is 31.7 Å². The summed E-state index contributed by atoms with van der Waals surface area (Å²) in [7, 11) is 0. The molecule has 0 fully saturated rings. The molecule has 5 heteroatoms. The molecular weight excluding hydrogens is 228 g/mol. The normalized spacial score (nSPS) is 14.0. The van der Waals surface area contributed by atoms with E-state index in [0.717, 1.165) is 30.8 Å².